The average molecular weight is 604 g/mol. The highest BCUT2D eigenvalue weighted by Crippen LogP contribution is 2.37. The molecule has 0 atom stereocenters. The number of phenols is 1. The number of pyridine rings is 1. The largest absolute Gasteiger partial charge is 0.506 e. The summed E-state index contributed by atoms with van der Waals surface area (Å²) in [4.78, 5) is 51.3. The van der Waals surface area contributed by atoms with E-state index in [0.29, 0.717) is 32.0 Å². The predicted molar refractivity (Wildman–Crippen MR) is 150 cm³/mol. The number of carbonyl (C=O) groups excluding carboxylic acids is 2. The van der Waals surface area contributed by atoms with Crippen LogP contribution in [0, 0.1) is 5.82 Å². The van der Waals surface area contributed by atoms with Crippen LogP contribution in [0.3, 0.4) is 0 Å². The number of piperazine rings is 1. The van der Waals surface area contributed by atoms with E-state index in [1.807, 2.05) is 0 Å². The number of fused-ring (bicyclic) bond motifs is 1. The first-order valence-electron chi connectivity index (χ1n) is 13.6. The van der Waals surface area contributed by atoms with Gasteiger partial charge in [-0.2, -0.15) is 18.2 Å². The summed E-state index contributed by atoms with van der Waals surface area (Å²) in [6, 6.07) is 3.39. The van der Waals surface area contributed by atoms with Crippen molar-refractivity contribution in [2.45, 2.75) is 32.0 Å². The van der Waals surface area contributed by atoms with Gasteiger partial charge in [0.05, 0.1) is 5.39 Å². The summed E-state index contributed by atoms with van der Waals surface area (Å²) in [6.45, 7) is 6.75. The summed E-state index contributed by atoms with van der Waals surface area (Å²) >= 11 is 0. The lowest BCUT2D eigenvalue weighted by molar-refractivity contribution is -0.142. The lowest BCUT2D eigenvalue weighted by atomic mass is 10.1. The van der Waals surface area contributed by atoms with Gasteiger partial charge in [-0.3, -0.25) is 19.0 Å². The summed E-state index contributed by atoms with van der Waals surface area (Å²) in [6.07, 6.45) is -2.88. The van der Waals surface area contributed by atoms with Crippen molar-refractivity contribution in [2.75, 3.05) is 49.5 Å². The van der Waals surface area contributed by atoms with Crippen molar-refractivity contribution in [1.29, 1.82) is 0 Å². The smallest absolute Gasteiger partial charge is 0.431 e. The van der Waals surface area contributed by atoms with Crippen molar-refractivity contribution < 1.29 is 32.3 Å². The number of hydrogen-bond acceptors (Lipinski definition) is 8. The Kier molecular flexibility index (Phi) is 7.99. The van der Waals surface area contributed by atoms with Crippen molar-refractivity contribution in [2.24, 2.45) is 0 Å². The number of aromatic nitrogens is 3. The fourth-order valence-corrected chi connectivity index (χ4v) is 5.42. The Balaban J connectivity index is 1.67. The molecule has 2 amide bonds. The molecule has 228 valence electrons. The second-order valence-electron chi connectivity index (χ2n) is 10.3. The number of rotatable bonds is 5. The molecule has 2 fully saturated rings. The van der Waals surface area contributed by atoms with Crippen LogP contribution in [0.2, 0.25) is 0 Å². The molecule has 43 heavy (non-hydrogen) atoms. The summed E-state index contributed by atoms with van der Waals surface area (Å²) in [7, 11) is 0. The van der Waals surface area contributed by atoms with Gasteiger partial charge in [0, 0.05) is 52.2 Å². The number of phenolic OH excluding ortho intramolecular Hbond substituents is 1. The second-order valence-corrected chi connectivity index (χ2v) is 10.3. The first kappa shape index (κ1) is 29.8. The van der Waals surface area contributed by atoms with Gasteiger partial charge in [0.2, 0.25) is 17.8 Å². The molecule has 3 aromatic rings. The van der Waals surface area contributed by atoms with Crippen molar-refractivity contribution in [1.82, 2.24) is 24.3 Å². The number of carbonyl (C=O) groups is 2. The van der Waals surface area contributed by atoms with Crippen LogP contribution in [0.1, 0.15) is 25.5 Å². The maximum atomic E-state index is 14.9. The van der Waals surface area contributed by atoms with Crippen LogP contribution in [0.5, 0.6) is 5.75 Å². The molecule has 0 saturated carbocycles. The van der Waals surface area contributed by atoms with Gasteiger partial charge in [-0.1, -0.05) is 12.6 Å². The number of nitrogens with one attached hydrogen (secondary N) is 1. The highest BCUT2D eigenvalue weighted by Gasteiger charge is 2.38. The molecule has 11 nitrogen and oxygen atoms in total. The Bertz CT molecular complexity index is 1620. The van der Waals surface area contributed by atoms with E-state index < -0.39 is 40.2 Å². The van der Waals surface area contributed by atoms with Crippen LogP contribution in [0.25, 0.3) is 16.6 Å². The summed E-state index contributed by atoms with van der Waals surface area (Å²) in [5, 5.41) is 13.2. The molecule has 15 heteroatoms. The topological polar surface area (TPSA) is 124 Å². The Morgan fingerprint density at radius 2 is 1.74 bits per heavy atom. The van der Waals surface area contributed by atoms with E-state index in [1.54, 1.807) is 9.80 Å². The lowest BCUT2D eigenvalue weighted by Crippen LogP contribution is -2.48. The molecule has 0 radical (unpaired) electrons. The van der Waals surface area contributed by atoms with Crippen molar-refractivity contribution in [3.8, 4) is 11.4 Å². The summed E-state index contributed by atoms with van der Waals surface area (Å²) in [5.41, 5.74) is -4.20. The van der Waals surface area contributed by atoms with E-state index in [2.05, 4.69) is 21.9 Å². The minimum Gasteiger partial charge on any atom is -0.506 e. The van der Waals surface area contributed by atoms with Gasteiger partial charge in [0.1, 0.15) is 28.5 Å². The zero-order valence-electron chi connectivity index (χ0n) is 23.2. The molecular formula is C28H29F4N7O4. The number of halogens is 4. The highest BCUT2D eigenvalue weighted by molar-refractivity contribution is 5.91. The number of para-hydroxylation sites is 1. The van der Waals surface area contributed by atoms with Crippen LogP contribution < -0.4 is 15.8 Å². The molecule has 0 spiro atoms. The standard InChI is InChI=1S/C28H29F4N7O4/c1-3-22(42)37-11-13-38(14-12-37)25-18-15-21(28(30,31)32)39(24-19(29)5-4-6-20(24)41)26(43)23(18)34-27(35-25)33-17-7-9-36(10-8-17)16(2)40/h3-6,15,17,41H,1,7-14H2,2H3,(H,33,34,35). The van der Waals surface area contributed by atoms with Crippen LogP contribution in [0.15, 0.2) is 41.7 Å². The van der Waals surface area contributed by atoms with Crippen LogP contribution in [0.4, 0.5) is 29.3 Å². The maximum absolute atomic E-state index is 14.9. The number of anilines is 2. The minimum absolute atomic E-state index is 0.0328. The van der Waals surface area contributed by atoms with E-state index in [0.717, 1.165) is 18.2 Å². The van der Waals surface area contributed by atoms with Crippen LogP contribution in [-0.4, -0.2) is 86.6 Å². The van der Waals surface area contributed by atoms with Crippen LogP contribution in [-0.2, 0) is 15.8 Å². The van der Waals surface area contributed by atoms with E-state index >= 15 is 0 Å². The van der Waals surface area contributed by atoms with Gasteiger partial charge in [-0.15, -0.1) is 0 Å². The fourth-order valence-electron chi connectivity index (χ4n) is 5.42. The van der Waals surface area contributed by atoms with Gasteiger partial charge < -0.3 is 25.1 Å². The molecule has 0 aliphatic carbocycles. The number of alkyl halides is 3. The van der Waals surface area contributed by atoms with Crippen molar-refractivity contribution in [3.63, 3.8) is 0 Å². The maximum Gasteiger partial charge on any atom is 0.431 e. The quantitative estimate of drug-likeness (QED) is 0.337. The summed E-state index contributed by atoms with van der Waals surface area (Å²) in [5.74, 6) is -2.45. The normalized spacial score (nSPS) is 16.4. The third-order valence-electron chi connectivity index (χ3n) is 7.67. The van der Waals surface area contributed by atoms with E-state index in [4.69, 9.17) is 0 Å². The third-order valence-corrected chi connectivity index (χ3v) is 7.67. The first-order chi connectivity index (χ1) is 20.4. The molecule has 4 heterocycles. The zero-order chi connectivity index (χ0) is 31.1. The van der Waals surface area contributed by atoms with Gasteiger partial charge in [-0.05, 0) is 37.1 Å². The minimum atomic E-state index is -5.13. The number of piperidine rings is 1. The van der Waals surface area contributed by atoms with E-state index in [9.17, 15) is 37.1 Å². The van der Waals surface area contributed by atoms with E-state index in [1.165, 1.54) is 17.9 Å². The van der Waals surface area contributed by atoms with Crippen LogP contribution >= 0.6 is 0 Å². The fraction of sp³-hybridized carbons (Fsp3) is 0.393. The Hall–Kier alpha value is -4.69. The molecule has 2 saturated heterocycles. The number of likely N-dealkylation sites (tertiary alicyclic amines) is 1. The van der Waals surface area contributed by atoms with Gasteiger partial charge in [0.15, 0.2) is 5.82 Å². The number of aromatic hydroxyl groups is 1. The average Bonchev–Trinajstić information content (AvgIpc) is 2.97. The Morgan fingerprint density at radius 1 is 1.07 bits per heavy atom. The predicted octanol–water partition coefficient (Wildman–Crippen LogP) is 2.90. The summed E-state index contributed by atoms with van der Waals surface area (Å²) < 4.78 is 58.2. The molecule has 0 bridgehead atoms. The van der Waals surface area contributed by atoms with Crippen molar-refractivity contribution >= 4 is 34.5 Å². The molecule has 2 N–H and O–H groups in total. The molecule has 2 aliphatic rings. The Morgan fingerprint density at radius 3 is 2.33 bits per heavy atom. The highest BCUT2D eigenvalue weighted by atomic mass is 19.4. The zero-order valence-corrected chi connectivity index (χ0v) is 23.2. The Labute approximate surface area is 243 Å². The number of benzene rings is 1. The van der Waals surface area contributed by atoms with E-state index in [-0.39, 0.29) is 65.8 Å². The molecule has 0 unspecified atom stereocenters. The molecule has 2 aliphatic heterocycles. The third kappa shape index (κ3) is 5.83. The molecule has 2 aromatic heterocycles. The monoisotopic (exact) mass is 603 g/mol. The van der Waals surface area contributed by atoms with Crippen molar-refractivity contribution in [3.05, 3.63) is 58.8 Å². The second kappa shape index (κ2) is 11.5. The molecular weight excluding hydrogens is 574 g/mol. The van der Waals surface area contributed by atoms with Gasteiger partial charge in [0.25, 0.3) is 5.56 Å². The number of hydrogen-bond donors (Lipinski definition) is 2. The SMILES string of the molecule is C=CC(=O)N1CCN(c2nc(NC3CCN(C(C)=O)CC3)nc3c(=O)n(-c4c(O)cccc4F)c(C(F)(F)F)cc23)CC1. The number of nitrogens with zero attached hydrogens (tertiary/aromatic N) is 6. The first-order valence-corrected chi connectivity index (χ1v) is 13.6. The molecule has 1 aromatic carbocycles. The number of amides is 2. The van der Waals surface area contributed by atoms with Gasteiger partial charge in [-0.25, -0.2) is 9.37 Å². The molecule has 5 rings (SSSR count). The van der Waals surface area contributed by atoms with Gasteiger partial charge >= 0.3 is 6.18 Å². The lowest BCUT2D eigenvalue weighted by Gasteiger charge is -2.36.